The number of anilines is 2. The summed E-state index contributed by atoms with van der Waals surface area (Å²) in [6.45, 7) is 0. The third-order valence-corrected chi connectivity index (χ3v) is 2.20. The molecule has 8 N–H and O–H groups in total. The summed E-state index contributed by atoms with van der Waals surface area (Å²) in [4.78, 5) is 0. The molecule has 0 aliphatic heterocycles. The molecular formula is C12H16B2N2Na2O10S. The van der Waals surface area contributed by atoms with Crippen LogP contribution in [0.15, 0.2) is 48.5 Å². The molecule has 0 spiro atoms. The zero-order chi connectivity index (χ0) is 21.0. The SMILES string of the molecule is Nc1cccc(OB(O)O)c1.Nc1cccc(OB(O)O)c1.O=S(=O)([O-])[O-].[Na+].[Na+]. The van der Waals surface area contributed by atoms with Crippen molar-refractivity contribution in [2.75, 3.05) is 11.5 Å². The first-order chi connectivity index (χ1) is 12.4. The molecule has 0 atom stereocenters. The number of rotatable bonds is 4. The number of nitrogen functional groups attached to an aromatic ring is 2. The average Bonchev–Trinajstić information content (AvgIpc) is 2.44. The molecule has 0 unspecified atom stereocenters. The monoisotopic (exact) mass is 448 g/mol. The second kappa shape index (κ2) is 17.2. The number of benzene rings is 2. The summed E-state index contributed by atoms with van der Waals surface area (Å²) in [5, 5.41) is 33.6. The van der Waals surface area contributed by atoms with Gasteiger partial charge in [0.2, 0.25) is 0 Å². The van der Waals surface area contributed by atoms with Crippen LogP contribution in [0.3, 0.4) is 0 Å². The standard InChI is InChI=1S/2C6H8BNO3.2Na.H2O4S/c2*8-5-2-1-3-6(4-5)11-7(9)10;;;1-5(2,3)4/h2*1-4,9-10H,8H2;;;(H2,1,2,3,4)/q;;2*+1;/p-2. The number of hydrogen-bond acceptors (Lipinski definition) is 12. The summed E-state index contributed by atoms with van der Waals surface area (Å²) in [7, 11) is -8.76. The topological polar surface area (TPSA) is 232 Å². The molecule has 0 fully saturated rings. The summed E-state index contributed by atoms with van der Waals surface area (Å²) in [6, 6.07) is 12.8. The molecule has 2 rings (SSSR count). The third kappa shape index (κ3) is 23.6. The first-order valence-electron chi connectivity index (χ1n) is 6.80. The van der Waals surface area contributed by atoms with Gasteiger partial charge in [-0.25, -0.2) is 0 Å². The maximum atomic E-state index is 8.52. The Bertz CT molecular complexity index is 742. The van der Waals surface area contributed by atoms with Crippen molar-refractivity contribution in [1.82, 2.24) is 0 Å². The number of nitrogens with two attached hydrogens (primary N) is 2. The fourth-order valence-corrected chi connectivity index (χ4v) is 1.42. The first kappa shape index (κ1) is 33.1. The maximum Gasteiger partial charge on any atom is 1.00 e. The van der Waals surface area contributed by atoms with Crippen LogP contribution in [0.5, 0.6) is 11.5 Å². The van der Waals surface area contributed by atoms with Gasteiger partial charge in [-0.15, -0.1) is 0 Å². The number of hydrogen-bond donors (Lipinski definition) is 6. The Labute approximate surface area is 212 Å². The Balaban J connectivity index is -0.000000361. The molecule has 0 aliphatic carbocycles. The van der Waals surface area contributed by atoms with Crippen molar-refractivity contribution in [2.45, 2.75) is 0 Å². The largest absolute Gasteiger partial charge is 1.00 e. The molecule has 2 aromatic carbocycles. The average molecular weight is 448 g/mol. The van der Waals surface area contributed by atoms with Gasteiger partial charge in [-0.2, -0.15) is 0 Å². The maximum absolute atomic E-state index is 8.52. The zero-order valence-electron chi connectivity index (χ0n) is 15.6. The van der Waals surface area contributed by atoms with E-state index < -0.39 is 25.0 Å². The Hall–Kier alpha value is -0.520. The summed E-state index contributed by atoms with van der Waals surface area (Å²) in [5.74, 6) is 0.667. The Morgan fingerprint density at radius 3 is 1.24 bits per heavy atom. The van der Waals surface area contributed by atoms with Gasteiger partial charge in [0.05, 0.1) is 0 Å². The van der Waals surface area contributed by atoms with Crippen LogP contribution < -0.4 is 79.9 Å². The molecule has 2 aromatic rings. The van der Waals surface area contributed by atoms with Crippen LogP contribution in [0, 0.1) is 0 Å². The predicted molar refractivity (Wildman–Crippen MR) is 93.8 cm³/mol. The first-order valence-corrected chi connectivity index (χ1v) is 8.13. The molecule has 0 bridgehead atoms. The summed E-state index contributed by atoms with van der Waals surface area (Å²) in [6.07, 6.45) is 0. The van der Waals surface area contributed by atoms with Gasteiger partial charge in [-0.05, 0) is 24.3 Å². The Morgan fingerprint density at radius 2 is 1.03 bits per heavy atom. The second-order valence-corrected chi connectivity index (χ2v) is 5.26. The molecule has 0 radical (unpaired) electrons. The van der Waals surface area contributed by atoms with Gasteiger partial charge in [-0.3, -0.25) is 8.42 Å². The summed E-state index contributed by atoms with van der Waals surface area (Å²) in [5.41, 5.74) is 11.8. The molecule has 0 aliphatic rings. The molecule has 29 heavy (non-hydrogen) atoms. The molecule has 0 saturated heterocycles. The minimum absolute atomic E-state index is 0. The quantitative estimate of drug-likeness (QED) is 0.111. The van der Waals surface area contributed by atoms with Crippen molar-refractivity contribution in [3.63, 3.8) is 0 Å². The molecule has 17 heteroatoms. The minimum atomic E-state index is -5.17. The van der Waals surface area contributed by atoms with Crippen molar-refractivity contribution >= 4 is 36.4 Å². The van der Waals surface area contributed by atoms with Crippen molar-refractivity contribution in [3.8, 4) is 11.5 Å². The van der Waals surface area contributed by atoms with Crippen molar-refractivity contribution in [1.29, 1.82) is 0 Å². The molecular weight excluding hydrogens is 432 g/mol. The van der Waals surface area contributed by atoms with Gasteiger partial charge < -0.3 is 50.0 Å². The Morgan fingerprint density at radius 1 is 0.759 bits per heavy atom. The normalized spacial score (nSPS) is 9.03. The predicted octanol–water partition coefficient (Wildman–Crippen LogP) is -8.10. The van der Waals surface area contributed by atoms with Crippen LogP contribution in [-0.2, 0) is 10.4 Å². The van der Waals surface area contributed by atoms with E-state index in [-0.39, 0.29) is 59.1 Å². The van der Waals surface area contributed by atoms with E-state index in [1.165, 1.54) is 12.1 Å². The van der Waals surface area contributed by atoms with E-state index in [0.29, 0.717) is 22.9 Å². The molecule has 0 amide bonds. The van der Waals surface area contributed by atoms with Gasteiger partial charge >= 0.3 is 73.8 Å². The van der Waals surface area contributed by atoms with E-state index in [1.54, 1.807) is 36.4 Å². The van der Waals surface area contributed by atoms with Crippen molar-refractivity contribution in [3.05, 3.63) is 48.5 Å². The van der Waals surface area contributed by atoms with E-state index in [9.17, 15) is 0 Å². The molecule has 0 aromatic heterocycles. The van der Waals surface area contributed by atoms with Gasteiger partial charge in [0.1, 0.15) is 11.5 Å². The van der Waals surface area contributed by atoms with Crippen molar-refractivity contribution in [2.24, 2.45) is 0 Å². The van der Waals surface area contributed by atoms with E-state index >= 15 is 0 Å². The Kier molecular flexibility index (Phi) is 19.6. The van der Waals surface area contributed by atoms with E-state index in [0.717, 1.165) is 0 Å². The van der Waals surface area contributed by atoms with Gasteiger partial charge in [0, 0.05) is 33.9 Å². The van der Waals surface area contributed by atoms with Gasteiger partial charge in [0.25, 0.3) is 0 Å². The van der Waals surface area contributed by atoms with Crippen LogP contribution in [0.1, 0.15) is 0 Å². The summed E-state index contributed by atoms with van der Waals surface area (Å²) >= 11 is 0. The van der Waals surface area contributed by atoms with Crippen LogP contribution in [0.25, 0.3) is 0 Å². The van der Waals surface area contributed by atoms with Crippen molar-refractivity contribution < 1.29 is 106 Å². The van der Waals surface area contributed by atoms with Gasteiger partial charge in [-0.1, -0.05) is 12.1 Å². The fourth-order valence-electron chi connectivity index (χ4n) is 1.42. The fraction of sp³-hybridized carbons (Fsp3) is 0. The van der Waals surface area contributed by atoms with E-state index in [2.05, 4.69) is 9.31 Å². The van der Waals surface area contributed by atoms with E-state index in [1.807, 2.05) is 0 Å². The van der Waals surface area contributed by atoms with Crippen LogP contribution in [-0.4, -0.2) is 52.3 Å². The second-order valence-electron chi connectivity index (χ2n) is 4.44. The molecule has 0 heterocycles. The molecule has 0 saturated carbocycles. The smallest absolute Gasteiger partial charge is 0.759 e. The summed E-state index contributed by atoms with van der Waals surface area (Å²) < 4.78 is 43.1. The van der Waals surface area contributed by atoms with Gasteiger partial charge in [0.15, 0.2) is 0 Å². The molecule has 12 nitrogen and oxygen atoms in total. The zero-order valence-corrected chi connectivity index (χ0v) is 20.4. The van der Waals surface area contributed by atoms with Crippen LogP contribution in [0.2, 0.25) is 0 Å². The van der Waals surface area contributed by atoms with Crippen LogP contribution >= 0.6 is 0 Å². The van der Waals surface area contributed by atoms with Crippen LogP contribution in [0.4, 0.5) is 11.4 Å². The minimum Gasteiger partial charge on any atom is -0.759 e. The molecule has 148 valence electrons. The van der Waals surface area contributed by atoms with E-state index in [4.69, 9.17) is 49.1 Å². The third-order valence-electron chi connectivity index (χ3n) is 2.20.